The molecule has 2 aromatic rings. The number of hydrogen-bond acceptors (Lipinski definition) is 2. The van der Waals surface area contributed by atoms with Crippen LogP contribution in [-0.2, 0) is 0 Å². The number of aromatic amines is 1. The highest BCUT2D eigenvalue weighted by Crippen LogP contribution is 2.26. The zero-order valence-corrected chi connectivity index (χ0v) is 10.0. The molecule has 1 atom stereocenters. The predicted octanol–water partition coefficient (Wildman–Crippen LogP) is 3.06. The van der Waals surface area contributed by atoms with Gasteiger partial charge in [0.1, 0.15) is 16.7 Å². The number of H-pyrrole nitrogens is 1. The predicted molar refractivity (Wildman–Crippen MR) is 66.4 cm³/mol. The fourth-order valence-corrected chi connectivity index (χ4v) is 1.74. The van der Waals surface area contributed by atoms with Crippen molar-refractivity contribution in [3.8, 4) is 11.3 Å². The summed E-state index contributed by atoms with van der Waals surface area (Å²) in [5.41, 5.74) is 8.71. The lowest BCUT2D eigenvalue weighted by atomic mass is 10.1. The second-order valence-corrected chi connectivity index (χ2v) is 4.32. The third-order valence-electron chi connectivity index (χ3n) is 2.43. The molecule has 1 heterocycles. The SMILES string of the molecule is Cc1ccc(-c2nc([C@@H](C)N)[nH]c2Cl)cc1. The van der Waals surface area contributed by atoms with Gasteiger partial charge in [0.2, 0.25) is 0 Å². The highest BCUT2D eigenvalue weighted by Gasteiger charge is 2.12. The number of rotatable bonds is 2. The molecule has 84 valence electrons. The zero-order chi connectivity index (χ0) is 11.7. The molecule has 2 rings (SSSR count). The number of aryl methyl sites for hydroxylation is 1. The Bertz CT molecular complexity index is 485. The molecule has 0 aliphatic heterocycles. The summed E-state index contributed by atoms with van der Waals surface area (Å²) in [4.78, 5) is 7.38. The van der Waals surface area contributed by atoms with Crippen molar-refractivity contribution >= 4 is 11.6 Å². The van der Waals surface area contributed by atoms with Crippen molar-refractivity contribution in [3.05, 3.63) is 40.8 Å². The van der Waals surface area contributed by atoms with Crippen molar-refractivity contribution in [1.29, 1.82) is 0 Å². The maximum absolute atomic E-state index is 6.09. The highest BCUT2D eigenvalue weighted by atomic mass is 35.5. The minimum absolute atomic E-state index is 0.142. The fourth-order valence-electron chi connectivity index (χ4n) is 1.49. The molecule has 0 aliphatic carbocycles. The van der Waals surface area contributed by atoms with Gasteiger partial charge < -0.3 is 10.7 Å². The smallest absolute Gasteiger partial charge is 0.134 e. The number of aromatic nitrogens is 2. The first kappa shape index (κ1) is 11.2. The molecule has 3 N–H and O–H groups in total. The Balaban J connectivity index is 2.44. The number of nitrogens with one attached hydrogen (secondary N) is 1. The van der Waals surface area contributed by atoms with Crippen molar-refractivity contribution in [2.75, 3.05) is 0 Å². The van der Waals surface area contributed by atoms with Crippen LogP contribution < -0.4 is 5.73 Å². The van der Waals surface area contributed by atoms with Crippen molar-refractivity contribution < 1.29 is 0 Å². The fraction of sp³-hybridized carbons (Fsp3) is 0.250. The van der Waals surface area contributed by atoms with Crippen molar-refractivity contribution in [3.63, 3.8) is 0 Å². The highest BCUT2D eigenvalue weighted by molar-refractivity contribution is 6.31. The van der Waals surface area contributed by atoms with Crippen LogP contribution in [0.5, 0.6) is 0 Å². The van der Waals surface area contributed by atoms with Gasteiger partial charge in [0.15, 0.2) is 0 Å². The molecule has 0 bridgehead atoms. The van der Waals surface area contributed by atoms with Crippen LogP contribution in [0.2, 0.25) is 5.15 Å². The molecule has 0 spiro atoms. The molecule has 0 saturated carbocycles. The summed E-state index contributed by atoms with van der Waals surface area (Å²) in [6, 6.07) is 7.93. The van der Waals surface area contributed by atoms with E-state index in [4.69, 9.17) is 17.3 Å². The Hall–Kier alpha value is -1.32. The largest absolute Gasteiger partial charge is 0.331 e. The number of hydrogen-bond donors (Lipinski definition) is 2. The van der Waals surface area contributed by atoms with Crippen LogP contribution in [0.15, 0.2) is 24.3 Å². The Kier molecular flexibility index (Phi) is 2.99. The van der Waals surface area contributed by atoms with Gasteiger partial charge in [-0.1, -0.05) is 41.4 Å². The van der Waals surface area contributed by atoms with Crippen LogP contribution in [-0.4, -0.2) is 9.97 Å². The maximum Gasteiger partial charge on any atom is 0.134 e. The maximum atomic E-state index is 6.09. The average Bonchev–Trinajstić information content (AvgIpc) is 2.62. The molecule has 0 saturated heterocycles. The zero-order valence-electron chi connectivity index (χ0n) is 9.29. The van der Waals surface area contributed by atoms with Gasteiger partial charge in [-0.05, 0) is 13.8 Å². The number of nitrogens with zero attached hydrogens (tertiary/aromatic N) is 1. The Labute approximate surface area is 99.7 Å². The number of benzene rings is 1. The second kappa shape index (κ2) is 4.28. The third kappa shape index (κ3) is 2.10. The summed E-state index contributed by atoms with van der Waals surface area (Å²) in [6.07, 6.45) is 0. The molecule has 0 radical (unpaired) electrons. The van der Waals surface area contributed by atoms with Crippen LogP contribution in [0.3, 0.4) is 0 Å². The van der Waals surface area contributed by atoms with Gasteiger partial charge in [0, 0.05) is 5.56 Å². The van der Waals surface area contributed by atoms with Gasteiger partial charge in [-0.2, -0.15) is 0 Å². The topological polar surface area (TPSA) is 54.7 Å². The van der Waals surface area contributed by atoms with Gasteiger partial charge in [0.25, 0.3) is 0 Å². The van der Waals surface area contributed by atoms with Crippen LogP contribution >= 0.6 is 11.6 Å². The lowest BCUT2D eigenvalue weighted by Gasteiger charge is -1.99. The molecule has 1 aromatic heterocycles. The lowest BCUT2D eigenvalue weighted by molar-refractivity contribution is 0.756. The molecule has 0 fully saturated rings. The monoisotopic (exact) mass is 235 g/mol. The molecule has 0 aliphatic rings. The summed E-state index contributed by atoms with van der Waals surface area (Å²) in [5, 5.41) is 0.538. The average molecular weight is 236 g/mol. The van der Waals surface area contributed by atoms with Crippen molar-refractivity contribution in [2.24, 2.45) is 5.73 Å². The number of imidazole rings is 1. The van der Waals surface area contributed by atoms with E-state index in [1.807, 2.05) is 38.1 Å². The minimum atomic E-state index is -0.142. The lowest BCUT2D eigenvalue weighted by Crippen LogP contribution is -2.06. The van der Waals surface area contributed by atoms with E-state index in [0.717, 1.165) is 11.3 Å². The van der Waals surface area contributed by atoms with Crippen LogP contribution in [0.1, 0.15) is 24.4 Å². The van der Waals surface area contributed by atoms with Crippen LogP contribution in [0, 0.1) is 6.92 Å². The van der Waals surface area contributed by atoms with Gasteiger partial charge >= 0.3 is 0 Å². The van der Waals surface area contributed by atoms with E-state index in [2.05, 4.69) is 9.97 Å². The standard InChI is InChI=1S/C12H14ClN3/c1-7-3-5-9(6-4-7)10-11(13)16-12(15-10)8(2)14/h3-6,8H,14H2,1-2H3,(H,15,16)/t8-/m1/s1. The molecule has 3 nitrogen and oxygen atoms in total. The van der Waals surface area contributed by atoms with E-state index >= 15 is 0 Å². The first-order valence-corrected chi connectivity index (χ1v) is 5.53. The van der Waals surface area contributed by atoms with Gasteiger partial charge in [0.05, 0.1) is 6.04 Å². The molecule has 0 amide bonds. The molecule has 1 aromatic carbocycles. The molecular weight excluding hydrogens is 222 g/mol. The quantitative estimate of drug-likeness (QED) is 0.841. The molecular formula is C12H14ClN3. The van der Waals surface area contributed by atoms with E-state index in [1.165, 1.54) is 5.56 Å². The summed E-state index contributed by atoms with van der Waals surface area (Å²) in [6.45, 7) is 3.91. The van der Waals surface area contributed by atoms with E-state index in [-0.39, 0.29) is 6.04 Å². The van der Waals surface area contributed by atoms with Crippen molar-refractivity contribution in [2.45, 2.75) is 19.9 Å². The minimum Gasteiger partial charge on any atom is -0.331 e. The summed E-state index contributed by atoms with van der Waals surface area (Å²) in [5.74, 6) is 0.709. The van der Waals surface area contributed by atoms with Crippen LogP contribution in [0.4, 0.5) is 0 Å². The normalized spacial score (nSPS) is 12.8. The number of nitrogens with two attached hydrogens (primary N) is 1. The number of halogens is 1. The molecule has 16 heavy (non-hydrogen) atoms. The van der Waals surface area contributed by atoms with E-state index in [1.54, 1.807) is 0 Å². The van der Waals surface area contributed by atoms with E-state index < -0.39 is 0 Å². The Morgan fingerprint density at radius 1 is 1.31 bits per heavy atom. The molecule has 4 heteroatoms. The summed E-state index contributed by atoms with van der Waals surface area (Å²) in [7, 11) is 0. The van der Waals surface area contributed by atoms with Gasteiger partial charge in [-0.3, -0.25) is 0 Å². The summed E-state index contributed by atoms with van der Waals surface area (Å²) < 4.78 is 0. The first-order chi connectivity index (χ1) is 7.58. The Morgan fingerprint density at radius 2 is 1.94 bits per heavy atom. The molecule has 0 unspecified atom stereocenters. The second-order valence-electron chi connectivity index (χ2n) is 3.94. The van der Waals surface area contributed by atoms with E-state index in [9.17, 15) is 0 Å². The summed E-state index contributed by atoms with van der Waals surface area (Å²) >= 11 is 6.09. The van der Waals surface area contributed by atoms with Crippen LogP contribution in [0.25, 0.3) is 11.3 Å². The van der Waals surface area contributed by atoms with Gasteiger partial charge in [-0.25, -0.2) is 4.98 Å². The third-order valence-corrected chi connectivity index (χ3v) is 2.71. The van der Waals surface area contributed by atoms with Gasteiger partial charge in [-0.15, -0.1) is 0 Å². The Morgan fingerprint density at radius 3 is 2.44 bits per heavy atom. The van der Waals surface area contributed by atoms with E-state index in [0.29, 0.717) is 11.0 Å². The van der Waals surface area contributed by atoms with Crippen molar-refractivity contribution in [1.82, 2.24) is 9.97 Å². The first-order valence-electron chi connectivity index (χ1n) is 5.16.